The van der Waals surface area contributed by atoms with Crippen LogP contribution in [0.4, 0.5) is 0 Å². The van der Waals surface area contributed by atoms with E-state index >= 15 is 0 Å². The molecule has 0 aromatic carbocycles. The van der Waals surface area contributed by atoms with Gasteiger partial charge in [-0.05, 0) is 38.5 Å². The first-order chi connectivity index (χ1) is 10.3. The van der Waals surface area contributed by atoms with Gasteiger partial charge in [-0.2, -0.15) is 0 Å². The van der Waals surface area contributed by atoms with Crippen LogP contribution in [0.5, 0.6) is 0 Å². The van der Waals surface area contributed by atoms with Crippen LogP contribution in [0.25, 0.3) is 0 Å². The molecule has 7 nitrogen and oxygen atoms in total. The lowest BCUT2D eigenvalue weighted by atomic mass is 9.70. The van der Waals surface area contributed by atoms with E-state index < -0.39 is 27.4 Å². The molecule has 0 atom stereocenters. The highest BCUT2D eigenvalue weighted by molar-refractivity contribution is 7.89. The quantitative estimate of drug-likeness (QED) is 0.699. The van der Waals surface area contributed by atoms with Crippen molar-refractivity contribution in [2.75, 3.05) is 12.9 Å². The van der Waals surface area contributed by atoms with E-state index in [0.29, 0.717) is 38.5 Å². The molecular formula is C14H23NO6S. The number of carbonyl (C=O) groups is 2. The Labute approximate surface area is 130 Å². The number of aliphatic carboxylic acids is 1. The molecule has 0 aromatic heterocycles. The number of hydrogen-bond acceptors (Lipinski definition) is 5. The van der Waals surface area contributed by atoms with E-state index in [1.807, 2.05) is 0 Å². The number of methoxy groups -OCH3 is 1. The number of hydrogen-bond donors (Lipinski definition) is 2. The second-order valence-corrected chi connectivity index (χ2v) is 8.14. The van der Waals surface area contributed by atoms with E-state index in [4.69, 9.17) is 9.84 Å². The van der Waals surface area contributed by atoms with Crippen molar-refractivity contribution in [2.45, 2.75) is 51.0 Å². The summed E-state index contributed by atoms with van der Waals surface area (Å²) in [6.07, 6.45) is 3.88. The highest BCUT2D eigenvalue weighted by Crippen LogP contribution is 2.43. The summed E-state index contributed by atoms with van der Waals surface area (Å²) in [6, 6.07) is -0.240. The Morgan fingerprint density at radius 1 is 1.23 bits per heavy atom. The Hall–Kier alpha value is -1.15. The predicted molar refractivity (Wildman–Crippen MR) is 78.6 cm³/mol. The van der Waals surface area contributed by atoms with Crippen LogP contribution in [-0.4, -0.2) is 44.4 Å². The Morgan fingerprint density at radius 3 is 2.23 bits per heavy atom. The van der Waals surface area contributed by atoms with Gasteiger partial charge in [-0.3, -0.25) is 9.59 Å². The van der Waals surface area contributed by atoms with E-state index in [0.717, 1.165) is 6.42 Å². The summed E-state index contributed by atoms with van der Waals surface area (Å²) in [5, 5.41) is 8.95. The van der Waals surface area contributed by atoms with Crippen molar-refractivity contribution in [1.29, 1.82) is 0 Å². The Morgan fingerprint density at radius 2 is 1.82 bits per heavy atom. The summed E-state index contributed by atoms with van der Waals surface area (Å²) in [4.78, 5) is 22.7. The lowest BCUT2D eigenvalue weighted by Gasteiger charge is -2.38. The van der Waals surface area contributed by atoms with Crippen molar-refractivity contribution in [3.8, 4) is 0 Å². The summed E-state index contributed by atoms with van der Waals surface area (Å²) in [7, 11) is -2.32. The Bertz CT molecular complexity index is 532. The average Bonchev–Trinajstić information content (AvgIpc) is 2.42. The summed E-state index contributed by atoms with van der Waals surface area (Å²) in [5.74, 6) is -1.90. The fourth-order valence-electron chi connectivity index (χ4n) is 3.35. The number of esters is 1. The third kappa shape index (κ3) is 3.78. The van der Waals surface area contributed by atoms with Crippen LogP contribution < -0.4 is 4.72 Å². The van der Waals surface area contributed by atoms with E-state index in [1.54, 1.807) is 0 Å². The van der Waals surface area contributed by atoms with E-state index in [-0.39, 0.29) is 17.7 Å². The normalized spacial score (nSPS) is 27.7. The van der Waals surface area contributed by atoms with Gasteiger partial charge in [0.2, 0.25) is 10.0 Å². The van der Waals surface area contributed by atoms with E-state index in [9.17, 15) is 18.0 Å². The third-order valence-electron chi connectivity index (χ3n) is 4.82. The van der Waals surface area contributed by atoms with Crippen molar-refractivity contribution in [2.24, 2.45) is 11.3 Å². The molecule has 0 aromatic rings. The monoisotopic (exact) mass is 333 g/mol. The molecule has 0 saturated heterocycles. The van der Waals surface area contributed by atoms with Gasteiger partial charge in [-0.25, -0.2) is 13.1 Å². The Balaban J connectivity index is 1.92. The number of rotatable bonds is 6. The van der Waals surface area contributed by atoms with Crippen LogP contribution in [0.1, 0.15) is 44.9 Å². The molecule has 0 heterocycles. The van der Waals surface area contributed by atoms with Gasteiger partial charge in [-0.1, -0.05) is 6.42 Å². The van der Waals surface area contributed by atoms with Gasteiger partial charge in [0.1, 0.15) is 0 Å². The Kier molecular flexibility index (Phi) is 5.11. The molecule has 2 N–H and O–H groups in total. The van der Waals surface area contributed by atoms with Crippen molar-refractivity contribution < 1.29 is 27.9 Å². The van der Waals surface area contributed by atoms with Gasteiger partial charge in [-0.15, -0.1) is 0 Å². The summed E-state index contributed by atoms with van der Waals surface area (Å²) in [6.45, 7) is 0. The highest BCUT2D eigenvalue weighted by atomic mass is 32.2. The molecule has 2 rings (SSSR count). The zero-order chi connectivity index (χ0) is 16.4. The van der Waals surface area contributed by atoms with Crippen LogP contribution in [0, 0.1) is 11.3 Å². The lowest BCUT2D eigenvalue weighted by molar-refractivity contribution is -0.156. The zero-order valence-corrected chi connectivity index (χ0v) is 13.5. The molecule has 8 heteroatoms. The summed E-state index contributed by atoms with van der Waals surface area (Å²) >= 11 is 0. The predicted octanol–water partition coefficient (Wildman–Crippen LogP) is 0.892. The second kappa shape index (κ2) is 6.54. The van der Waals surface area contributed by atoms with Crippen molar-refractivity contribution >= 4 is 22.0 Å². The number of nitrogens with one attached hydrogen (secondary N) is 1. The number of sulfonamides is 1. The molecule has 0 amide bonds. The molecule has 22 heavy (non-hydrogen) atoms. The molecule has 0 bridgehead atoms. The average molecular weight is 333 g/mol. The van der Waals surface area contributed by atoms with E-state index in [1.165, 1.54) is 7.11 Å². The van der Waals surface area contributed by atoms with Crippen LogP contribution in [0.3, 0.4) is 0 Å². The maximum atomic E-state index is 12.3. The SMILES string of the molecule is COC(=O)C1(CS(=O)(=O)NC2CCC(C(=O)O)CC2)CCC1. The van der Waals surface area contributed by atoms with Gasteiger partial charge < -0.3 is 9.84 Å². The molecule has 126 valence electrons. The minimum atomic E-state index is -3.59. The van der Waals surface area contributed by atoms with Gasteiger partial charge in [0.05, 0.1) is 24.2 Å². The molecule has 2 fully saturated rings. The molecule has 2 saturated carbocycles. The largest absolute Gasteiger partial charge is 0.481 e. The van der Waals surface area contributed by atoms with Gasteiger partial charge >= 0.3 is 11.9 Å². The smallest absolute Gasteiger partial charge is 0.312 e. The minimum Gasteiger partial charge on any atom is -0.481 e. The standard InChI is InChI=1S/C14H23NO6S/c1-21-13(18)14(7-2-8-14)9-22(19,20)15-11-5-3-10(4-6-11)12(16)17/h10-11,15H,2-9H2,1H3,(H,16,17). The number of ether oxygens (including phenoxy) is 1. The van der Waals surface area contributed by atoms with Crippen LogP contribution in [-0.2, 0) is 24.3 Å². The molecule has 0 unspecified atom stereocenters. The molecule has 0 aliphatic heterocycles. The summed E-state index contributed by atoms with van der Waals surface area (Å²) < 4.78 is 32.0. The van der Waals surface area contributed by atoms with Crippen LogP contribution in [0.2, 0.25) is 0 Å². The minimum absolute atomic E-state index is 0.240. The topological polar surface area (TPSA) is 110 Å². The van der Waals surface area contributed by atoms with E-state index in [2.05, 4.69) is 4.72 Å². The molecule has 0 radical (unpaired) electrons. The first-order valence-electron chi connectivity index (χ1n) is 7.59. The van der Waals surface area contributed by atoms with Crippen molar-refractivity contribution in [3.63, 3.8) is 0 Å². The lowest BCUT2D eigenvalue weighted by Crippen LogP contribution is -2.49. The number of carboxylic acids is 1. The van der Waals surface area contributed by atoms with Gasteiger partial charge in [0, 0.05) is 6.04 Å². The first kappa shape index (κ1) is 17.2. The highest BCUT2D eigenvalue weighted by Gasteiger charge is 2.48. The van der Waals surface area contributed by atoms with Gasteiger partial charge in [0.15, 0.2) is 0 Å². The maximum Gasteiger partial charge on any atom is 0.312 e. The van der Waals surface area contributed by atoms with Gasteiger partial charge in [0.25, 0.3) is 0 Å². The zero-order valence-electron chi connectivity index (χ0n) is 12.7. The maximum absolute atomic E-state index is 12.3. The number of carbonyl (C=O) groups excluding carboxylic acids is 1. The number of carboxylic acid groups (broad SMARTS) is 1. The molecule has 2 aliphatic carbocycles. The fraction of sp³-hybridized carbons (Fsp3) is 0.857. The molecule has 0 spiro atoms. The summed E-state index contributed by atoms with van der Waals surface area (Å²) in [5.41, 5.74) is -0.904. The van der Waals surface area contributed by atoms with Crippen LogP contribution >= 0.6 is 0 Å². The second-order valence-electron chi connectivity index (χ2n) is 6.39. The van der Waals surface area contributed by atoms with Crippen molar-refractivity contribution in [3.05, 3.63) is 0 Å². The first-order valence-corrected chi connectivity index (χ1v) is 9.24. The molecular weight excluding hydrogens is 310 g/mol. The molecule has 2 aliphatic rings. The fourth-order valence-corrected chi connectivity index (χ4v) is 5.31. The van der Waals surface area contributed by atoms with Crippen molar-refractivity contribution in [1.82, 2.24) is 4.72 Å². The van der Waals surface area contributed by atoms with Crippen LogP contribution in [0.15, 0.2) is 0 Å². The third-order valence-corrected chi connectivity index (χ3v) is 6.44.